The molecule has 0 aliphatic carbocycles. The Morgan fingerprint density at radius 2 is 1.89 bits per heavy atom. The minimum absolute atomic E-state index is 0.0338. The lowest BCUT2D eigenvalue weighted by Gasteiger charge is -2.21. The first kappa shape index (κ1) is 20.6. The van der Waals surface area contributed by atoms with Crippen molar-refractivity contribution in [3.8, 4) is 0 Å². The zero-order valence-corrected chi connectivity index (χ0v) is 16.5. The monoisotopic (exact) mass is 371 g/mol. The van der Waals surface area contributed by atoms with Gasteiger partial charge in [0.05, 0.1) is 24.8 Å². The smallest absolute Gasteiger partial charge is 0.247 e. The molecule has 0 fully saturated rings. The van der Waals surface area contributed by atoms with Gasteiger partial charge in [-0.1, -0.05) is 44.2 Å². The maximum absolute atomic E-state index is 12.6. The Bertz CT molecular complexity index is 740. The van der Waals surface area contributed by atoms with E-state index < -0.39 is 6.04 Å². The van der Waals surface area contributed by atoms with Gasteiger partial charge in [-0.05, 0) is 25.6 Å². The molecule has 0 bridgehead atoms. The molecule has 146 valence electrons. The highest BCUT2D eigenvalue weighted by molar-refractivity contribution is 5.97. The minimum atomic E-state index is -0.605. The van der Waals surface area contributed by atoms with Crippen LogP contribution in [0.15, 0.2) is 42.7 Å². The van der Waals surface area contributed by atoms with E-state index >= 15 is 0 Å². The molecule has 7 nitrogen and oxygen atoms in total. The number of aromatic nitrogens is 2. The van der Waals surface area contributed by atoms with E-state index in [2.05, 4.69) is 20.6 Å². The molecule has 1 aromatic carbocycles. The van der Waals surface area contributed by atoms with Crippen molar-refractivity contribution in [3.63, 3.8) is 0 Å². The average Bonchev–Trinajstić information content (AvgIpc) is 3.05. The number of benzene rings is 1. The molecule has 1 heterocycles. The molecule has 2 aromatic rings. The van der Waals surface area contributed by atoms with E-state index in [1.165, 1.54) is 0 Å². The van der Waals surface area contributed by atoms with E-state index in [9.17, 15) is 9.59 Å². The van der Waals surface area contributed by atoms with Crippen molar-refractivity contribution < 1.29 is 9.59 Å². The summed E-state index contributed by atoms with van der Waals surface area (Å²) in [5.74, 6) is -0.441. The lowest BCUT2D eigenvalue weighted by molar-refractivity contribution is -0.127. The third-order valence-electron chi connectivity index (χ3n) is 4.15. The van der Waals surface area contributed by atoms with Crippen LogP contribution < -0.4 is 10.6 Å². The van der Waals surface area contributed by atoms with Crippen LogP contribution >= 0.6 is 0 Å². The van der Waals surface area contributed by atoms with E-state index in [1.54, 1.807) is 17.1 Å². The van der Waals surface area contributed by atoms with Crippen LogP contribution in [0.1, 0.15) is 19.4 Å². The molecule has 0 saturated carbocycles. The SMILES string of the molecule is CC(C)C(NC(=O)Cc1ccccc1)C(=O)Nc1cnn(CCN(C)C)c1. The van der Waals surface area contributed by atoms with Crippen LogP contribution in [0.5, 0.6) is 0 Å². The Balaban J connectivity index is 1.93. The van der Waals surface area contributed by atoms with E-state index in [4.69, 9.17) is 0 Å². The molecule has 0 spiro atoms. The van der Waals surface area contributed by atoms with Crippen LogP contribution in [-0.4, -0.2) is 53.2 Å². The molecule has 0 radical (unpaired) electrons. The number of rotatable bonds is 9. The molecule has 1 atom stereocenters. The number of hydrogen-bond donors (Lipinski definition) is 2. The van der Waals surface area contributed by atoms with E-state index in [0.717, 1.165) is 18.7 Å². The van der Waals surface area contributed by atoms with Crippen LogP contribution in [0.3, 0.4) is 0 Å². The Morgan fingerprint density at radius 1 is 1.19 bits per heavy atom. The molecule has 1 aromatic heterocycles. The van der Waals surface area contributed by atoms with Crippen molar-refractivity contribution in [2.45, 2.75) is 32.9 Å². The third kappa shape index (κ3) is 6.86. The summed E-state index contributed by atoms with van der Waals surface area (Å²) < 4.78 is 1.79. The van der Waals surface area contributed by atoms with Gasteiger partial charge in [-0.25, -0.2) is 0 Å². The van der Waals surface area contributed by atoms with Gasteiger partial charge in [0.15, 0.2) is 0 Å². The second-order valence-corrected chi connectivity index (χ2v) is 7.24. The van der Waals surface area contributed by atoms with Crippen LogP contribution in [0, 0.1) is 5.92 Å². The second kappa shape index (κ2) is 9.87. The zero-order valence-electron chi connectivity index (χ0n) is 16.5. The van der Waals surface area contributed by atoms with Gasteiger partial charge in [-0.2, -0.15) is 5.10 Å². The summed E-state index contributed by atoms with van der Waals surface area (Å²) in [6.07, 6.45) is 3.67. The Morgan fingerprint density at radius 3 is 2.52 bits per heavy atom. The van der Waals surface area contributed by atoms with Crippen molar-refractivity contribution >= 4 is 17.5 Å². The molecule has 0 aliphatic heterocycles. The fourth-order valence-corrected chi connectivity index (χ4v) is 2.61. The highest BCUT2D eigenvalue weighted by Gasteiger charge is 2.24. The van der Waals surface area contributed by atoms with Gasteiger partial charge < -0.3 is 15.5 Å². The normalized spacial score (nSPS) is 12.2. The van der Waals surface area contributed by atoms with Gasteiger partial charge in [0, 0.05) is 12.7 Å². The van der Waals surface area contributed by atoms with E-state index in [1.807, 2.05) is 58.3 Å². The quantitative estimate of drug-likeness (QED) is 0.704. The maximum atomic E-state index is 12.6. The Hall–Kier alpha value is -2.67. The van der Waals surface area contributed by atoms with Gasteiger partial charge in [-0.15, -0.1) is 0 Å². The highest BCUT2D eigenvalue weighted by Crippen LogP contribution is 2.10. The van der Waals surface area contributed by atoms with Gasteiger partial charge in [-0.3, -0.25) is 14.3 Å². The van der Waals surface area contributed by atoms with Gasteiger partial charge in [0.1, 0.15) is 6.04 Å². The molecule has 1 unspecified atom stereocenters. The average molecular weight is 371 g/mol. The summed E-state index contributed by atoms with van der Waals surface area (Å²) in [5, 5.41) is 9.95. The van der Waals surface area contributed by atoms with Crippen molar-refractivity contribution in [1.29, 1.82) is 0 Å². The molecule has 0 aliphatic rings. The second-order valence-electron chi connectivity index (χ2n) is 7.24. The number of nitrogens with zero attached hydrogens (tertiary/aromatic N) is 3. The largest absolute Gasteiger partial charge is 0.344 e. The lowest BCUT2D eigenvalue weighted by atomic mass is 10.0. The maximum Gasteiger partial charge on any atom is 0.247 e. The standard InChI is InChI=1S/C20H29N5O2/c1-15(2)19(23-18(26)12-16-8-6-5-7-9-16)20(27)22-17-13-21-25(14-17)11-10-24(3)4/h5-9,13-15,19H,10-12H2,1-4H3,(H,22,27)(H,23,26). The summed E-state index contributed by atoms with van der Waals surface area (Å²) in [5.41, 5.74) is 1.54. The summed E-state index contributed by atoms with van der Waals surface area (Å²) in [6, 6.07) is 8.88. The first-order valence-electron chi connectivity index (χ1n) is 9.16. The number of carbonyl (C=O) groups excluding carboxylic acids is 2. The molecular formula is C20H29N5O2. The molecular weight excluding hydrogens is 342 g/mol. The minimum Gasteiger partial charge on any atom is -0.344 e. The summed E-state index contributed by atoms with van der Waals surface area (Å²) in [4.78, 5) is 27.0. The molecule has 2 amide bonds. The van der Waals surface area contributed by atoms with Crippen molar-refractivity contribution in [2.24, 2.45) is 5.92 Å². The van der Waals surface area contributed by atoms with Crippen LogP contribution in [0.25, 0.3) is 0 Å². The van der Waals surface area contributed by atoms with Gasteiger partial charge in [0.2, 0.25) is 11.8 Å². The summed E-state index contributed by atoms with van der Waals surface area (Å²) in [6.45, 7) is 5.42. The Labute approximate surface area is 160 Å². The zero-order chi connectivity index (χ0) is 19.8. The first-order chi connectivity index (χ1) is 12.8. The summed E-state index contributed by atoms with van der Waals surface area (Å²) in [7, 11) is 4.00. The number of hydrogen-bond acceptors (Lipinski definition) is 4. The van der Waals surface area contributed by atoms with Crippen LogP contribution in [0.2, 0.25) is 0 Å². The Kier molecular flexibility index (Phi) is 7.55. The predicted molar refractivity (Wildman–Crippen MR) is 106 cm³/mol. The number of likely N-dealkylation sites (N-methyl/N-ethyl adjacent to an activating group) is 1. The predicted octanol–water partition coefficient (Wildman–Crippen LogP) is 1.77. The molecule has 7 heteroatoms. The van der Waals surface area contributed by atoms with Gasteiger partial charge in [0.25, 0.3) is 0 Å². The highest BCUT2D eigenvalue weighted by atomic mass is 16.2. The fourth-order valence-electron chi connectivity index (χ4n) is 2.61. The number of nitrogens with one attached hydrogen (secondary N) is 2. The van der Waals surface area contributed by atoms with Crippen molar-refractivity contribution in [1.82, 2.24) is 20.0 Å². The number of amides is 2. The third-order valence-corrected chi connectivity index (χ3v) is 4.15. The molecule has 2 N–H and O–H groups in total. The van der Waals surface area contributed by atoms with Gasteiger partial charge >= 0.3 is 0 Å². The fraction of sp³-hybridized carbons (Fsp3) is 0.450. The van der Waals surface area contributed by atoms with E-state index in [0.29, 0.717) is 5.69 Å². The molecule has 0 saturated heterocycles. The van der Waals surface area contributed by atoms with E-state index in [-0.39, 0.29) is 24.2 Å². The summed E-state index contributed by atoms with van der Waals surface area (Å²) >= 11 is 0. The van der Waals surface area contributed by atoms with Crippen LogP contribution in [0.4, 0.5) is 5.69 Å². The topological polar surface area (TPSA) is 79.3 Å². The van der Waals surface area contributed by atoms with Crippen molar-refractivity contribution in [3.05, 3.63) is 48.3 Å². The molecule has 27 heavy (non-hydrogen) atoms. The number of carbonyl (C=O) groups is 2. The van der Waals surface area contributed by atoms with Crippen molar-refractivity contribution in [2.75, 3.05) is 26.0 Å². The first-order valence-corrected chi connectivity index (χ1v) is 9.16. The number of anilines is 1. The lowest BCUT2D eigenvalue weighted by Crippen LogP contribution is -2.47. The van der Waals surface area contributed by atoms with Crippen LogP contribution in [-0.2, 0) is 22.6 Å². The molecule has 2 rings (SSSR count).